The Morgan fingerprint density at radius 1 is 1.40 bits per heavy atom. The number of aliphatic hydroxyl groups is 1. The third kappa shape index (κ3) is 4.78. The van der Waals surface area contributed by atoms with Crippen molar-refractivity contribution < 1.29 is 14.3 Å². The molecule has 1 rings (SSSR count). The lowest BCUT2D eigenvalue weighted by molar-refractivity contribution is -0.118. The molecule has 110 valence electrons. The van der Waals surface area contributed by atoms with E-state index in [1.807, 2.05) is 13.8 Å². The molecule has 0 aliphatic carbocycles. The van der Waals surface area contributed by atoms with Crippen molar-refractivity contribution in [2.75, 3.05) is 6.54 Å². The molecular formula is C16H22FNO2. The summed E-state index contributed by atoms with van der Waals surface area (Å²) in [4.78, 5) is 11.9. The smallest absolute Gasteiger partial charge is 0.247 e. The quantitative estimate of drug-likeness (QED) is 0.814. The predicted molar refractivity (Wildman–Crippen MR) is 78.5 cm³/mol. The standard InChI is InChI=1S/C16H22FNO2/c1-11(2)16(4,20)10-18-15(19)12(3)9-13-5-7-14(17)8-6-13/h5-9,11,20H,10H2,1-4H3,(H,18,19). The molecule has 20 heavy (non-hydrogen) atoms. The zero-order valence-corrected chi connectivity index (χ0v) is 12.4. The number of carbonyl (C=O) groups is 1. The molecule has 1 unspecified atom stereocenters. The molecule has 0 saturated carbocycles. The predicted octanol–water partition coefficient (Wildman–Crippen LogP) is 2.75. The molecule has 0 radical (unpaired) electrons. The summed E-state index contributed by atoms with van der Waals surface area (Å²) in [5.41, 5.74) is 0.331. The lowest BCUT2D eigenvalue weighted by atomic mass is 9.92. The number of hydrogen-bond donors (Lipinski definition) is 2. The third-order valence-electron chi connectivity index (χ3n) is 3.46. The molecule has 0 aliphatic heterocycles. The van der Waals surface area contributed by atoms with Gasteiger partial charge in [-0.15, -0.1) is 0 Å². The molecule has 1 atom stereocenters. The number of carbonyl (C=O) groups excluding carboxylic acids is 1. The summed E-state index contributed by atoms with van der Waals surface area (Å²) >= 11 is 0. The molecule has 0 saturated heterocycles. The van der Waals surface area contributed by atoms with Gasteiger partial charge in [0, 0.05) is 12.1 Å². The molecule has 4 heteroatoms. The molecule has 0 bridgehead atoms. The Morgan fingerprint density at radius 3 is 2.45 bits per heavy atom. The number of halogens is 1. The van der Waals surface area contributed by atoms with Crippen LogP contribution >= 0.6 is 0 Å². The maximum absolute atomic E-state index is 12.8. The SMILES string of the molecule is CC(=Cc1ccc(F)cc1)C(=O)NCC(C)(O)C(C)C. The first-order chi connectivity index (χ1) is 9.22. The number of benzene rings is 1. The lowest BCUT2D eigenvalue weighted by Crippen LogP contribution is -2.44. The second kappa shape index (κ2) is 6.66. The highest BCUT2D eigenvalue weighted by atomic mass is 19.1. The van der Waals surface area contributed by atoms with Crippen LogP contribution in [0.3, 0.4) is 0 Å². The van der Waals surface area contributed by atoms with Gasteiger partial charge in [-0.05, 0) is 43.5 Å². The van der Waals surface area contributed by atoms with Gasteiger partial charge in [-0.3, -0.25) is 4.79 Å². The van der Waals surface area contributed by atoms with Crippen molar-refractivity contribution >= 4 is 12.0 Å². The van der Waals surface area contributed by atoms with E-state index in [1.54, 1.807) is 32.1 Å². The summed E-state index contributed by atoms with van der Waals surface area (Å²) in [6.07, 6.45) is 1.68. The molecule has 0 heterocycles. The second-order valence-electron chi connectivity index (χ2n) is 5.57. The number of nitrogens with one attached hydrogen (secondary N) is 1. The average molecular weight is 279 g/mol. The molecule has 3 nitrogen and oxygen atoms in total. The van der Waals surface area contributed by atoms with Gasteiger partial charge in [-0.1, -0.05) is 26.0 Å². The lowest BCUT2D eigenvalue weighted by Gasteiger charge is -2.27. The van der Waals surface area contributed by atoms with Crippen molar-refractivity contribution in [1.82, 2.24) is 5.32 Å². The van der Waals surface area contributed by atoms with E-state index in [0.717, 1.165) is 5.56 Å². The van der Waals surface area contributed by atoms with Crippen molar-refractivity contribution in [3.05, 3.63) is 41.2 Å². The van der Waals surface area contributed by atoms with Crippen molar-refractivity contribution in [3.63, 3.8) is 0 Å². The van der Waals surface area contributed by atoms with E-state index in [1.165, 1.54) is 12.1 Å². The zero-order valence-electron chi connectivity index (χ0n) is 12.4. The first-order valence-electron chi connectivity index (χ1n) is 6.67. The molecule has 0 aromatic heterocycles. The van der Waals surface area contributed by atoms with Crippen molar-refractivity contribution in [2.45, 2.75) is 33.3 Å². The van der Waals surface area contributed by atoms with Crippen molar-refractivity contribution in [1.29, 1.82) is 0 Å². The summed E-state index contributed by atoms with van der Waals surface area (Å²) in [6, 6.07) is 5.91. The van der Waals surface area contributed by atoms with Crippen LogP contribution in [0.4, 0.5) is 4.39 Å². The normalized spacial score (nSPS) is 15.1. The van der Waals surface area contributed by atoms with Crippen LogP contribution in [0.5, 0.6) is 0 Å². The molecule has 1 aromatic carbocycles. The van der Waals surface area contributed by atoms with Gasteiger partial charge in [0.25, 0.3) is 0 Å². The molecule has 1 amide bonds. The highest BCUT2D eigenvalue weighted by Crippen LogP contribution is 2.15. The Kier molecular flexibility index (Phi) is 5.45. The van der Waals surface area contributed by atoms with Gasteiger partial charge >= 0.3 is 0 Å². The minimum absolute atomic E-state index is 0.0455. The topological polar surface area (TPSA) is 49.3 Å². The van der Waals surface area contributed by atoms with Gasteiger partial charge in [-0.25, -0.2) is 4.39 Å². The van der Waals surface area contributed by atoms with Crippen LogP contribution in [0.15, 0.2) is 29.8 Å². The van der Waals surface area contributed by atoms with E-state index in [9.17, 15) is 14.3 Å². The summed E-state index contributed by atoms with van der Waals surface area (Å²) in [6.45, 7) is 7.36. The van der Waals surface area contributed by atoms with Gasteiger partial charge in [0.2, 0.25) is 5.91 Å². The maximum atomic E-state index is 12.8. The first-order valence-corrected chi connectivity index (χ1v) is 6.67. The largest absolute Gasteiger partial charge is 0.388 e. The van der Waals surface area contributed by atoms with E-state index in [-0.39, 0.29) is 24.2 Å². The van der Waals surface area contributed by atoms with Gasteiger partial charge in [-0.2, -0.15) is 0 Å². The monoisotopic (exact) mass is 279 g/mol. The Balaban J connectivity index is 2.65. The van der Waals surface area contributed by atoms with Gasteiger partial charge in [0.05, 0.1) is 5.60 Å². The van der Waals surface area contributed by atoms with E-state index in [2.05, 4.69) is 5.32 Å². The summed E-state index contributed by atoms with van der Waals surface area (Å²) in [7, 11) is 0. The van der Waals surface area contributed by atoms with Crippen LogP contribution in [0.2, 0.25) is 0 Å². The van der Waals surface area contributed by atoms with E-state index in [4.69, 9.17) is 0 Å². The minimum Gasteiger partial charge on any atom is -0.388 e. The summed E-state index contributed by atoms with van der Waals surface area (Å²) in [5.74, 6) is -0.503. The Hall–Kier alpha value is -1.68. The molecule has 0 fully saturated rings. The van der Waals surface area contributed by atoms with Crippen LogP contribution in [0.1, 0.15) is 33.3 Å². The van der Waals surface area contributed by atoms with Crippen LogP contribution in [-0.4, -0.2) is 23.2 Å². The van der Waals surface area contributed by atoms with Gasteiger partial charge in [0.15, 0.2) is 0 Å². The third-order valence-corrected chi connectivity index (χ3v) is 3.46. The molecule has 0 spiro atoms. The van der Waals surface area contributed by atoms with Gasteiger partial charge in [0.1, 0.15) is 5.82 Å². The van der Waals surface area contributed by atoms with Crippen LogP contribution in [0, 0.1) is 11.7 Å². The Bertz CT molecular complexity index is 490. The zero-order chi connectivity index (χ0) is 15.3. The fourth-order valence-corrected chi connectivity index (χ4v) is 1.48. The fraction of sp³-hybridized carbons (Fsp3) is 0.438. The number of hydrogen-bond acceptors (Lipinski definition) is 2. The summed E-state index contributed by atoms with van der Waals surface area (Å²) < 4.78 is 12.8. The van der Waals surface area contributed by atoms with Gasteiger partial charge < -0.3 is 10.4 Å². The Labute approximate surface area is 119 Å². The second-order valence-corrected chi connectivity index (χ2v) is 5.57. The molecule has 2 N–H and O–H groups in total. The first kappa shape index (κ1) is 16.4. The molecular weight excluding hydrogens is 257 g/mol. The van der Waals surface area contributed by atoms with Crippen LogP contribution in [0.25, 0.3) is 6.08 Å². The number of amides is 1. The van der Waals surface area contributed by atoms with E-state index in [0.29, 0.717) is 5.57 Å². The average Bonchev–Trinajstić information content (AvgIpc) is 2.38. The maximum Gasteiger partial charge on any atom is 0.247 e. The highest BCUT2D eigenvalue weighted by molar-refractivity contribution is 5.97. The van der Waals surface area contributed by atoms with Crippen molar-refractivity contribution in [2.24, 2.45) is 5.92 Å². The summed E-state index contributed by atoms with van der Waals surface area (Å²) in [5, 5.41) is 12.8. The van der Waals surface area contributed by atoms with E-state index >= 15 is 0 Å². The molecule has 1 aromatic rings. The van der Waals surface area contributed by atoms with E-state index < -0.39 is 5.60 Å². The highest BCUT2D eigenvalue weighted by Gasteiger charge is 2.25. The molecule has 0 aliphatic rings. The fourth-order valence-electron chi connectivity index (χ4n) is 1.48. The van der Waals surface area contributed by atoms with Crippen LogP contribution in [-0.2, 0) is 4.79 Å². The van der Waals surface area contributed by atoms with Crippen molar-refractivity contribution in [3.8, 4) is 0 Å². The van der Waals surface area contributed by atoms with Crippen LogP contribution < -0.4 is 5.32 Å². The number of rotatable bonds is 5. The Morgan fingerprint density at radius 2 is 1.95 bits per heavy atom. The minimum atomic E-state index is -0.939.